The van der Waals surface area contributed by atoms with Gasteiger partial charge in [-0.25, -0.2) is 0 Å². The molecule has 0 atom stereocenters. The fourth-order valence-electron chi connectivity index (χ4n) is 1.03. The number of hydrogen-bond donors (Lipinski definition) is 0. The van der Waals surface area contributed by atoms with Gasteiger partial charge < -0.3 is 4.84 Å². The fraction of sp³-hybridized carbons (Fsp3) is 0.0769. The number of ketones is 1. The maximum atomic E-state index is 11.3. The Morgan fingerprint density at radius 3 is 2.69 bits per heavy atom. The Hall–Kier alpha value is -2.16. The molecule has 1 aromatic rings. The zero-order valence-electron chi connectivity index (χ0n) is 9.04. The zero-order valence-corrected chi connectivity index (χ0v) is 9.04. The van der Waals surface area contributed by atoms with Crippen LogP contribution in [0.2, 0.25) is 0 Å². The molecule has 0 radical (unpaired) electrons. The Bertz CT molecular complexity index is 405. The first kappa shape index (κ1) is 11.9. The summed E-state index contributed by atoms with van der Waals surface area (Å²) in [6, 6.07) is 9.64. The molecule has 0 amide bonds. The minimum Gasteiger partial charge on any atom is -0.399 e. The van der Waals surface area contributed by atoms with E-state index in [2.05, 4.69) is 9.99 Å². The summed E-state index contributed by atoms with van der Waals surface area (Å²) in [6.45, 7) is 0. The summed E-state index contributed by atoms with van der Waals surface area (Å²) in [6.07, 6.45) is 7.63. The summed E-state index contributed by atoms with van der Waals surface area (Å²) in [5.74, 6) is -0.0913. The van der Waals surface area contributed by atoms with E-state index in [1.165, 1.54) is 31.6 Å². The summed E-state index contributed by atoms with van der Waals surface area (Å²) in [4.78, 5) is 15.7. The van der Waals surface area contributed by atoms with Crippen molar-refractivity contribution in [2.45, 2.75) is 0 Å². The minimum atomic E-state index is -0.0913. The molecular weight excluding hydrogens is 202 g/mol. The van der Waals surface area contributed by atoms with Crippen LogP contribution in [0.15, 0.2) is 53.7 Å². The van der Waals surface area contributed by atoms with Crippen LogP contribution in [0.5, 0.6) is 0 Å². The number of hydrogen-bond acceptors (Lipinski definition) is 3. The lowest BCUT2D eigenvalue weighted by molar-refractivity contribution is -0.110. The number of nitrogens with zero attached hydrogens (tertiary/aromatic N) is 1. The van der Waals surface area contributed by atoms with Crippen LogP contribution in [0.3, 0.4) is 0 Å². The summed E-state index contributed by atoms with van der Waals surface area (Å²) in [5, 5.41) is 3.47. The van der Waals surface area contributed by atoms with Crippen molar-refractivity contribution in [3.63, 3.8) is 0 Å². The van der Waals surface area contributed by atoms with Crippen molar-refractivity contribution < 1.29 is 9.63 Å². The SMILES string of the molecule is CO/N=C/C=C/C(=O)/C=C/c1ccccc1. The average Bonchev–Trinajstić information content (AvgIpc) is 2.33. The Labute approximate surface area is 94.7 Å². The van der Waals surface area contributed by atoms with Gasteiger partial charge in [0.1, 0.15) is 7.11 Å². The Morgan fingerprint density at radius 2 is 2.00 bits per heavy atom. The third kappa shape index (κ3) is 4.91. The van der Waals surface area contributed by atoms with Crippen molar-refractivity contribution in [3.05, 3.63) is 54.1 Å². The molecule has 1 aromatic carbocycles. The van der Waals surface area contributed by atoms with E-state index in [9.17, 15) is 4.79 Å². The van der Waals surface area contributed by atoms with Gasteiger partial charge in [-0.2, -0.15) is 0 Å². The van der Waals surface area contributed by atoms with E-state index in [1.54, 1.807) is 6.08 Å². The van der Waals surface area contributed by atoms with Gasteiger partial charge in [-0.05, 0) is 23.8 Å². The molecule has 0 aliphatic rings. The molecule has 82 valence electrons. The molecule has 16 heavy (non-hydrogen) atoms. The van der Waals surface area contributed by atoms with Gasteiger partial charge in [-0.1, -0.05) is 41.6 Å². The lowest BCUT2D eigenvalue weighted by atomic mass is 10.2. The van der Waals surface area contributed by atoms with Crippen molar-refractivity contribution in [3.8, 4) is 0 Å². The van der Waals surface area contributed by atoms with Gasteiger partial charge in [0.05, 0.1) is 6.21 Å². The van der Waals surface area contributed by atoms with Gasteiger partial charge in [0.15, 0.2) is 5.78 Å². The number of carbonyl (C=O) groups is 1. The van der Waals surface area contributed by atoms with Crippen LogP contribution in [0.4, 0.5) is 0 Å². The lowest BCUT2D eigenvalue weighted by Gasteiger charge is -1.89. The Balaban J connectivity index is 2.49. The quantitative estimate of drug-likeness (QED) is 0.430. The molecule has 0 unspecified atom stereocenters. The Kier molecular flexibility index (Phi) is 5.34. The van der Waals surface area contributed by atoms with Gasteiger partial charge in [0.2, 0.25) is 0 Å². The van der Waals surface area contributed by atoms with Crippen molar-refractivity contribution >= 4 is 18.1 Å². The molecule has 0 aromatic heterocycles. The summed E-state index contributed by atoms with van der Waals surface area (Å²) in [5.41, 5.74) is 0.995. The molecule has 1 rings (SSSR count). The first-order chi connectivity index (χ1) is 7.83. The molecule has 3 nitrogen and oxygen atoms in total. The molecule has 0 aliphatic heterocycles. The highest BCUT2D eigenvalue weighted by Gasteiger charge is 1.88. The van der Waals surface area contributed by atoms with Crippen molar-refractivity contribution in [1.29, 1.82) is 0 Å². The van der Waals surface area contributed by atoms with Gasteiger partial charge >= 0.3 is 0 Å². The Morgan fingerprint density at radius 1 is 1.25 bits per heavy atom. The summed E-state index contributed by atoms with van der Waals surface area (Å²) < 4.78 is 0. The number of rotatable bonds is 5. The lowest BCUT2D eigenvalue weighted by Crippen LogP contribution is -1.85. The molecule has 0 N–H and O–H groups in total. The van der Waals surface area contributed by atoms with Crippen LogP contribution in [-0.4, -0.2) is 19.1 Å². The van der Waals surface area contributed by atoms with E-state index in [1.807, 2.05) is 30.3 Å². The van der Waals surface area contributed by atoms with Crippen LogP contribution < -0.4 is 0 Å². The maximum Gasteiger partial charge on any atom is 0.178 e. The topological polar surface area (TPSA) is 38.7 Å². The standard InChI is InChI=1S/C13H13NO2/c1-16-14-11-5-8-13(15)10-9-12-6-3-2-4-7-12/h2-11H,1H3/b8-5+,10-9+,14-11+. The molecule has 0 saturated carbocycles. The monoisotopic (exact) mass is 215 g/mol. The first-order valence-electron chi connectivity index (χ1n) is 4.83. The van der Waals surface area contributed by atoms with Crippen molar-refractivity contribution in [2.75, 3.05) is 7.11 Å². The molecular formula is C13H13NO2. The third-order valence-electron chi connectivity index (χ3n) is 1.75. The van der Waals surface area contributed by atoms with Crippen molar-refractivity contribution in [2.24, 2.45) is 5.16 Å². The van der Waals surface area contributed by atoms with E-state index in [0.717, 1.165) is 5.56 Å². The largest absolute Gasteiger partial charge is 0.399 e. The maximum absolute atomic E-state index is 11.3. The summed E-state index contributed by atoms with van der Waals surface area (Å²) in [7, 11) is 1.45. The second-order valence-corrected chi connectivity index (χ2v) is 2.94. The fourth-order valence-corrected chi connectivity index (χ4v) is 1.03. The molecule has 3 heteroatoms. The molecule has 0 heterocycles. The number of oxime groups is 1. The van der Waals surface area contributed by atoms with E-state index in [0.29, 0.717) is 0 Å². The average molecular weight is 215 g/mol. The highest BCUT2D eigenvalue weighted by Crippen LogP contribution is 2.00. The summed E-state index contributed by atoms with van der Waals surface area (Å²) >= 11 is 0. The number of carbonyl (C=O) groups excluding carboxylic acids is 1. The molecule has 0 bridgehead atoms. The molecule has 0 spiro atoms. The number of allylic oxidation sites excluding steroid dienone is 3. The minimum absolute atomic E-state index is 0.0913. The first-order valence-corrected chi connectivity index (χ1v) is 4.83. The van der Waals surface area contributed by atoms with Crippen LogP contribution in [0.1, 0.15) is 5.56 Å². The third-order valence-corrected chi connectivity index (χ3v) is 1.75. The van der Waals surface area contributed by atoms with Crippen LogP contribution in [0, 0.1) is 0 Å². The molecule has 0 saturated heterocycles. The van der Waals surface area contributed by atoms with Crippen LogP contribution in [-0.2, 0) is 9.63 Å². The predicted molar refractivity (Wildman–Crippen MR) is 65.1 cm³/mol. The molecule has 0 fully saturated rings. The molecule has 0 aliphatic carbocycles. The highest BCUT2D eigenvalue weighted by atomic mass is 16.6. The van der Waals surface area contributed by atoms with E-state index in [4.69, 9.17) is 0 Å². The predicted octanol–water partition coefficient (Wildman–Crippen LogP) is 2.46. The van der Waals surface area contributed by atoms with Gasteiger partial charge in [-0.3, -0.25) is 4.79 Å². The van der Waals surface area contributed by atoms with E-state index in [-0.39, 0.29) is 5.78 Å². The normalized spacial score (nSPS) is 11.6. The second kappa shape index (κ2) is 7.17. The van der Waals surface area contributed by atoms with Crippen molar-refractivity contribution in [1.82, 2.24) is 0 Å². The van der Waals surface area contributed by atoms with Gasteiger partial charge in [-0.15, -0.1) is 0 Å². The second-order valence-electron chi connectivity index (χ2n) is 2.94. The van der Waals surface area contributed by atoms with E-state index >= 15 is 0 Å². The zero-order chi connectivity index (χ0) is 11.6. The highest BCUT2D eigenvalue weighted by molar-refractivity contribution is 6.03. The number of benzene rings is 1. The smallest absolute Gasteiger partial charge is 0.178 e. The van der Waals surface area contributed by atoms with Gasteiger partial charge in [0.25, 0.3) is 0 Å². The van der Waals surface area contributed by atoms with E-state index < -0.39 is 0 Å². The van der Waals surface area contributed by atoms with Gasteiger partial charge in [0, 0.05) is 0 Å². The van der Waals surface area contributed by atoms with Crippen LogP contribution >= 0.6 is 0 Å². The van der Waals surface area contributed by atoms with Crippen LogP contribution in [0.25, 0.3) is 6.08 Å².